The van der Waals surface area contributed by atoms with Crippen LogP contribution in [-0.2, 0) is 9.16 Å². The lowest BCUT2D eigenvalue weighted by atomic mass is 10.1. The van der Waals surface area contributed by atoms with Crippen molar-refractivity contribution in [1.29, 1.82) is 0 Å². The number of esters is 1. The van der Waals surface area contributed by atoms with Crippen molar-refractivity contribution < 1.29 is 14.0 Å². The lowest BCUT2D eigenvalue weighted by Crippen LogP contribution is -2.13. The van der Waals surface area contributed by atoms with Crippen molar-refractivity contribution in [3.63, 3.8) is 0 Å². The second-order valence-corrected chi connectivity index (χ2v) is 8.10. The van der Waals surface area contributed by atoms with Crippen molar-refractivity contribution in [1.82, 2.24) is 0 Å². The summed E-state index contributed by atoms with van der Waals surface area (Å²) in [4.78, 5) is 11.7. The molecule has 22 heavy (non-hydrogen) atoms. The first-order chi connectivity index (χ1) is 10.3. The van der Waals surface area contributed by atoms with Crippen LogP contribution in [0.3, 0.4) is 0 Å². The van der Waals surface area contributed by atoms with Crippen LogP contribution in [0, 0.1) is 0 Å². The topological polar surface area (TPSA) is 47.6 Å². The van der Waals surface area contributed by atoms with Crippen molar-refractivity contribution >= 4 is 21.4 Å². The van der Waals surface area contributed by atoms with Crippen molar-refractivity contribution in [2.45, 2.75) is 32.7 Å². The number of ether oxygens (including phenoxy) is 1. The third-order valence-electron chi connectivity index (χ3n) is 2.78. The summed E-state index contributed by atoms with van der Waals surface area (Å²) in [6, 6.07) is 7.33. The van der Waals surface area contributed by atoms with Gasteiger partial charge in [0.15, 0.2) is 0 Å². The number of methoxy groups -OCH3 is 1. The Kier molecular flexibility index (Phi) is 7.34. The van der Waals surface area contributed by atoms with Gasteiger partial charge in [-0.05, 0) is 24.1 Å². The van der Waals surface area contributed by atoms with Crippen LogP contribution in [0.4, 0.5) is 5.69 Å². The molecule has 0 aliphatic heterocycles. The van der Waals surface area contributed by atoms with Gasteiger partial charge in [-0.1, -0.05) is 44.6 Å². The van der Waals surface area contributed by atoms with Gasteiger partial charge in [0, 0.05) is 12.2 Å². The molecule has 0 aliphatic rings. The first-order valence-corrected chi connectivity index (χ1v) is 8.20. The van der Waals surface area contributed by atoms with E-state index in [-0.39, 0.29) is 11.0 Å². The van der Waals surface area contributed by atoms with Gasteiger partial charge >= 0.3 is 5.97 Å². The fourth-order valence-electron chi connectivity index (χ4n) is 1.67. The molecule has 1 aromatic carbocycles. The van der Waals surface area contributed by atoms with Crippen LogP contribution < -0.4 is 5.32 Å². The number of para-hydroxylation sites is 1. The SMILES string of the molecule is COC(=O)c1ccccc1NCC(C)=CCO[Si]C(C)(C)C. The third kappa shape index (κ3) is 6.91. The molecule has 5 heteroatoms. The molecule has 0 fully saturated rings. The van der Waals surface area contributed by atoms with Crippen LogP contribution in [-0.4, -0.2) is 36.0 Å². The van der Waals surface area contributed by atoms with Crippen molar-refractivity contribution in [2.75, 3.05) is 25.6 Å². The monoisotopic (exact) mass is 319 g/mol. The Morgan fingerprint density at radius 1 is 1.32 bits per heavy atom. The number of hydrogen-bond acceptors (Lipinski definition) is 4. The summed E-state index contributed by atoms with van der Waals surface area (Å²) < 4.78 is 10.4. The Morgan fingerprint density at radius 3 is 2.64 bits per heavy atom. The van der Waals surface area contributed by atoms with E-state index in [9.17, 15) is 4.79 Å². The summed E-state index contributed by atoms with van der Waals surface area (Å²) in [6.07, 6.45) is 2.06. The van der Waals surface area contributed by atoms with Crippen molar-refractivity contribution in [2.24, 2.45) is 0 Å². The number of anilines is 1. The van der Waals surface area contributed by atoms with Crippen molar-refractivity contribution in [3.05, 3.63) is 41.5 Å². The summed E-state index contributed by atoms with van der Waals surface area (Å²) >= 11 is 0. The van der Waals surface area contributed by atoms with E-state index in [1.165, 1.54) is 12.7 Å². The second kappa shape index (κ2) is 8.75. The molecular formula is C17H25NO3Si. The largest absolute Gasteiger partial charge is 0.465 e. The minimum atomic E-state index is -0.334. The summed E-state index contributed by atoms with van der Waals surface area (Å²) in [7, 11) is 1.87. The zero-order valence-corrected chi connectivity index (χ0v) is 15.0. The van der Waals surface area contributed by atoms with Crippen molar-refractivity contribution in [3.8, 4) is 0 Å². The maximum Gasteiger partial charge on any atom is 0.339 e. The number of hydrogen-bond donors (Lipinski definition) is 1. The van der Waals surface area contributed by atoms with E-state index in [0.717, 1.165) is 5.69 Å². The number of nitrogens with one attached hydrogen (secondary N) is 1. The summed E-state index contributed by atoms with van der Waals surface area (Å²) in [5, 5.41) is 3.47. The molecule has 1 N–H and O–H groups in total. The number of carbonyl (C=O) groups is 1. The molecule has 0 amide bonds. The zero-order chi connectivity index (χ0) is 16.6. The smallest absolute Gasteiger partial charge is 0.339 e. The Bertz CT molecular complexity index is 521. The Balaban J connectivity index is 2.50. The predicted molar refractivity (Wildman–Crippen MR) is 91.4 cm³/mol. The van der Waals surface area contributed by atoms with E-state index in [1.807, 2.05) is 25.1 Å². The Hall–Kier alpha value is -1.59. The molecule has 4 nitrogen and oxygen atoms in total. The number of carbonyl (C=O) groups excluding carboxylic acids is 1. The highest BCUT2D eigenvalue weighted by Gasteiger charge is 2.12. The molecular weight excluding hydrogens is 294 g/mol. The Morgan fingerprint density at radius 2 is 2.00 bits per heavy atom. The molecule has 1 rings (SSSR count). The molecule has 1 aromatic rings. The quantitative estimate of drug-likeness (QED) is 0.360. The molecule has 0 saturated heterocycles. The average molecular weight is 319 g/mol. The summed E-state index contributed by atoms with van der Waals surface area (Å²) in [5.41, 5.74) is 2.49. The first-order valence-electron chi connectivity index (χ1n) is 7.29. The van der Waals surface area contributed by atoms with Gasteiger partial charge < -0.3 is 14.5 Å². The second-order valence-electron chi connectivity index (χ2n) is 6.10. The molecule has 0 aliphatic carbocycles. The fraction of sp³-hybridized carbons (Fsp3) is 0.471. The highest BCUT2D eigenvalue weighted by atomic mass is 28.2. The molecule has 0 atom stereocenters. The van der Waals surface area contributed by atoms with Gasteiger partial charge in [0.25, 0.3) is 0 Å². The molecule has 2 radical (unpaired) electrons. The molecule has 120 valence electrons. The highest BCUT2D eigenvalue weighted by Crippen LogP contribution is 2.20. The number of rotatable bonds is 7. The fourth-order valence-corrected chi connectivity index (χ4v) is 2.27. The third-order valence-corrected chi connectivity index (χ3v) is 3.71. The molecule has 0 spiro atoms. The van der Waals surface area contributed by atoms with Gasteiger partial charge in [0.1, 0.15) is 0 Å². The normalized spacial score (nSPS) is 12.1. The average Bonchev–Trinajstić information content (AvgIpc) is 2.48. The molecule has 0 unspecified atom stereocenters. The lowest BCUT2D eigenvalue weighted by Gasteiger charge is -2.15. The van der Waals surface area contributed by atoms with Crippen LogP contribution in [0.2, 0.25) is 5.04 Å². The molecule has 0 aromatic heterocycles. The zero-order valence-electron chi connectivity index (χ0n) is 14.0. The van der Waals surface area contributed by atoms with Gasteiger partial charge in [-0.3, -0.25) is 0 Å². The minimum absolute atomic E-state index is 0.208. The Labute approximate surface area is 135 Å². The van der Waals surface area contributed by atoms with Crippen LogP contribution in [0.5, 0.6) is 0 Å². The van der Waals surface area contributed by atoms with E-state index in [0.29, 0.717) is 28.5 Å². The van der Waals surface area contributed by atoms with Gasteiger partial charge in [0.05, 0.1) is 19.3 Å². The van der Waals surface area contributed by atoms with E-state index >= 15 is 0 Å². The maximum absolute atomic E-state index is 11.7. The van der Waals surface area contributed by atoms with Crippen LogP contribution in [0.15, 0.2) is 35.9 Å². The van der Waals surface area contributed by atoms with E-state index in [1.54, 1.807) is 6.07 Å². The van der Waals surface area contributed by atoms with Crippen LogP contribution in [0.25, 0.3) is 0 Å². The maximum atomic E-state index is 11.7. The highest BCUT2D eigenvalue weighted by molar-refractivity contribution is 6.31. The van der Waals surface area contributed by atoms with Gasteiger partial charge in [-0.25, -0.2) is 4.79 Å². The minimum Gasteiger partial charge on any atom is -0.465 e. The summed E-state index contributed by atoms with van der Waals surface area (Å²) in [5.74, 6) is -0.334. The van der Waals surface area contributed by atoms with Gasteiger partial charge in [0.2, 0.25) is 9.76 Å². The molecule has 0 bridgehead atoms. The summed E-state index contributed by atoms with van der Waals surface area (Å²) in [6.45, 7) is 9.79. The standard InChI is InChI=1S/C17H25NO3Si/c1-13(10-11-21-22-17(2,3)4)12-18-15-9-7-6-8-14(15)16(19)20-5/h6-10,18H,11-12H2,1-5H3. The molecule has 0 saturated carbocycles. The van der Waals surface area contributed by atoms with E-state index < -0.39 is 0 Å². The van der Waals surface area contributed by atoms with Crippen LogP contribution in [0.1, 0.15) is 38.1 Å². The van der Waals surface area contributed by atoms with Gasteiger partial charge in [-0.2, -0.15) is 0 Å². The molecule has 0 heterocycles. The van der Waals surface area contributed by atoms with Gasteiger partial charge in [-0.15, -0.1) is 0 Å². The predicted octanol–water partition coefficient (Wildman–Crippen LogP) is 3.69. The first kappa shape index (κ1) is 18.5. The van der Waals surface area contributed by atoms with Crippen LogP contribution >= 0.6 is 0 Å². The van der Waals surface area contributed by atoms with E-state index in [4.69, 9.17) is 9.16 Å². The lowest BCUT2D eigenvalue weighted by molar-refractivity contribution is 0.0602. The van der Waals surface area contributed by atoms with E-state index in [2.05, 4.69) is 32.2 Å². The number of benzene rings is 1.